The summed E-state index contributed by atoms with van der Waals surface area (Å²) >= 11 is 0. The summed E-state index contributed by atoms with van der Waals surface area (Å²) in [5.41, 5.74) is 0. The van der Waals surface area contributed by atoms with Crippen LogP contribution in [0.15, 0.2) is 39.9 Å². The van der Waals surface area contributed by atoms with Gasteiger partial charge in [0.1, 0.15) is 0 Å². The van der Waals surface area contributed by atoms with Gasteiger partial charge in [-0.3, -0.25) is 0 Å². The maximum atomic E-state index is 4.61. The molecular formula is C7H8N2O2. The standard InChI is InChI=1S/C4H4O.C3H4N2O/c1-2-4-5-3-1;1-3-5-4-2-6-3/h1-4H;2H,1H3. The van der Waals surface area contributed by atoms with E-state index in [0.29, 0.717) is 5.89 Å². The van der Waals surface area contributed by atoms with Crippen molar-refractivity contribution in [1.29, 1.82) is 0 Å². The van der Waals surface area contributed by atoms with Crippen LogP contribution in [0.1, 0.15) is 5.89 Å². The molecule has 58 valence electrons. The van der Waals surface area contributed by atoms with Crippen LogP contribution in [-0.2, 0) is 0 Å². The molecule has 0 amide bonds. The van der Waals surface area contributed by atoms with Crippen molar-refractivity contribution in [2.45, 2.75) is 6.92 Å². The first-order valence-electron chi connectivity index (χ1n) is 3.09. The lowest BCUT2D eigenvalue weighted by Crippen LogP contribution is -1.65. The van der Waals surface area contributed by atoms with E-state index in [0.717, 1.165) is 0 Å². The summed E-state index contributed by atoms with van der Waals surface area (Å²) in [6, 6.07) is 3.67. The van der Waals surface area contributed by atoms with E-state index in [1.165, 1.54) is 6.39 Å². The van der Waals surface area contributed by atoms with E-state index in [9.17, 15) is 0 Å². The van der Waals surface area contributed by atoms with Gasteiger partial charge in [-0.2, -0.15) is 0 Å². The first-order chi connectivity index (χ1) is 5.39. The van der Waals surface area contributed by atoms with Crippen LogP contribution in [0.4, 0.5) is 0 Å². The summed E-state index contributed by atoms with van der Waals surface area (Å²) in [7, 11) is 0. The van der Waals surface area contributed by atoms with Crippen molar-refractivity contribution in [3.05, 3.63) is 36.9 Å². The molecule has 0 N–H and O–H groups in total. The highest BCUT2D eigenvalue weighted by atomic mass is 16.4. The van der Waals surface area contributed by atoms with E-state index in [1.54, 1.807) is 19.5 Å². The van der Waals surface area contributed by atoms with Crippen molar-refractivity contribution < 1.29 is 8.83 Å². The van der Waals surface area contributed by atoms with Crippen molar-refractivity contribution in [1.82, 2.24) is 10.2 Å². The average Bonchev–Trinajstić information content (AvgIpc) is 2.57. The average molecular weight is 152 g/mol. The van der Waals surface area contributed by atoms with Crippen LogP contribution in [0.5, 0.6) is 0 Å². The Kier molecular flexibility index (Phi) is 2.92. The Morgan fingerprint density at radius 2 is 2.00 bits per heavy atom. The van der Waals surface area contributed by atoms with Crippen molar-refractivity contribution in [3.8, 4) is 0 Å². The second kappa shape index (κ2) is 4.27. The number of aryl methyl sites for hydroxylation is 1. The lowest BCUT2D eigenvalue weighted by molar-refractivity contribution is 0.518. The minimum atomic E-state index is 0.606. The Morgan fingerprint density at radius 1 is 1.27 bits per heavy atom. The molecule has 0 aliphatic heterocycles. The number of hydrogen-bond donors (Lipinski definition) is 0. The molecule has 0 spiro atoms. The number of rotatable bonds is 0. The molecule has 0 saturated carbocycles. The summed E-state index contributed by atoms with van der Waals surface area (Å²) in [4.78, 5) is 0. The molecule has 2 aromatic heterocycles. The Morgan fingerprint density at radius 3 is 2.18 bits per heavy atom. The van der Waals surface area contributed by atoms with Gasteiger partial charge in [0.05, 0.1) is 12.5 Å². The normalized spacial score (nSPS) is 8.45. The molecule has 0 saturated heterocycles. The molecule has 2 heterocycles. The van der Waals surface area contributed by atoms with Gasteiger partial charge in [-0.15, -0.1) is 10.2 Å². The first kappa shape index (κ1) is 7.53. The second-order valence-corrected chi connectivity index (χ2v) is 1.75. The molecular weight excluding hydrogens is 144 g/mol. The zero-order chi connectivity index (χ0) is 7.94. The van der Waals surface area contributed by atoms with Crippen molar-refractivity contribution in [3.63, 3.8) is 0 Å². The van der Waals surface area contributed by atoms with Crippen molar-refractivity contribution >= 4 is 0 Å². The topological polar surface area (TPSA) is 52.1 Å². The maximum Gasteiger partial charge on any atom is 0.213 e. The van der Waals surface area contributed by atoms with Crippen LogP contribution in [0.25, 0.3) is 0 Å². The highest BCUT2D eigenvalue weighted by molar-refractivity contribution is 4.79. The van der Waals surface area contributed by atoms with Gasteiger partial charge in [0.2, 0.25) is 12.3 Å². The van der Waals surface area contributed by atoms with E-state index in [1.807, 2.05) is 12.1 Å². The monoisotopic (exact) mass is 152 g/mol. The van der Waals surface area contributed by atoms with Crippen molar-refractivity contribution in [2.24, 2.45) is 0 Å². The molecule has 0 aromatic carbocycles. The smallest absolute Gasteiger partial charge is 0.213 e. The second-order valence-electron chi connectivity index (χ2n) is 1.75. The van der Waals surface area contributed by atoms with Gasteiger partial charge in [0.25, 0.3) is 0 Å². The Bertz CT molecular complexity index is 233. The van der Waals surface area contributed by atoms with Gasteiger partial charge in [-0.1, -0.05) is 0 Å². The molecule has 0 fully saturated rings. The minimum absolute atomic E-state index is 0.606. The minimum Gasteiger partial charge on any atom is -0.473 e. The van der Waals surface area contributed by atoms with E-state index >= 15 is 0 Å². The summed E-state index contributed by atoms with van der Waals surface area (Å²) in [5.74, 6) is 0.606. The summed E-state index contributed by atoms with van der Waals surface area (Å²) in [6.07, 6.45) is 4.55. The molecule has 4 heteroatoms. The van der Waals surface area contributed by atoms with Gasteiger partial charge in [-0.25, -0.2) is 0 Å². The van der Waals surface area contributed by atoms with E-state index in [-0.39, 0.29) is 0 Å². The number of hydrogen-bond acceptors (Lipinski definition) is 4. The Hall–Kier alpha value is -1.58. The summed E-state index contributed by atoms with van der Waals surface area (Å²) in [6.45, 7) is 1.74. The third kappa shape index (κ3) is 3.20. The maximum absolute atomic E-state index is 4.61. The quantitative estimate of drug-likeness (QED) is 0.576. The fourth-order valence-corrected chi connectivity index (χ4v) is 0.455. The first-order valence-corrected chi connectivity index (χ1v) is 3.09. The fraction of sp³-hybridized carbons (Fsp3) is 0.143. The molecule has 11 heavy (non-hydrogen) atoms. The molecule has 0 aliphatic rings. The zero-order valence-electron chi connectivity index (χ0n) is 6.10. The van der Waals surface area contributed by atoms with Crippen LogP contribution in [0.2, 0.25) is 0 Å². The fourth-order valence-electron chi connectivity index (χ4n) is 0.455. The SMILES string of the molecule is Cc1nnco1.c1ccoc1. The van der Waals surface area contributed by atoms with Crippen LogP contribution in [0.3, 0.4) is 0 Å². The van der Waals surface area contributed by atoms with Gasteiger partial charge in [0, 0.05) is 6.92 Å². The Balaban J connectivity index is 0.000000112. The van der Waals surface area contributed by atoms with E-state index in [2.05, 4.69) is 19.0 Å². The summed E-state index contributed by atoms with van der Waals surface area (Å²) in [5, 5.41) is 6.91. The highest BCUT2D eigenvalue weighted by Crippen LogP contribution is 1.82. The van der Waals surface area contributed by atoms with E-state index < -0.39 is 0 Å². The Labute approximate surface area is 63.9 Å². The molecule has 0 radical (unpaired) electrons. The third-order valence-electron chi connectivity index (χ3n) is 0.894. The van der Waals surface area contributed by atoms with Gasteiger partial charge in [0.15, 0.2) is 0 Å². The number of aromatic nitrogens is 2. The van der Waals surface area contributed by atoms with Crippen LogP contribution < -0.4 is 0 Å². The number of nitrogens with zero attached hydrogens (tertiary/aromatic N) is 2. The van der Waals surface area contributed by atoms with Gasteiger partial charge < -0.3 is 8.83 Å². The van der Waals surface area contributed by atoms with E-state index in [4.69, 9.17) is 0 Å². The molecule has 0 aliphatic carbocycles. The molecule has 2 aromatic rings. The van der Waals surface area contributed by atoms with Crippen LogP contribution >= 0.6 is 0 Å². The molecule has 4 nitrogen and oxygen atoms in total. The van der Waals surface area contributed by atoms with Crippen molar-refractivity contribution in [2.75, 3.05) is 0 Å². The zero-order valence-corrected chi connectivity index (χ0v) is 6.10. The number of furan rings is 1. The summed E-state index contributed by atoms with van der Waals surface area (Å²) < 4.78 is 9.19. The van der Waals surface area contributed by atoms with Gasteiger partial charge in [-0.05, 0) is 12.1 Å². The molecule has 0 unspecified atom stereocenters. The van der Waals surface area contributed by atoms with Gasteiger partial charge >= 0.3 is 0 Å². The predicted octanol–water partition coefficient (Wildman–Crippen LogP) is 1.66. The largest absolute Gasteiger partial charge is 0.473 e. The lowest BCUT2D eigenvalue weighted by Gasteiger charge is -1.63. The highest BCUT2D eigenvalue weighted by Gasteiger charge is 1.79. The molecule has 0 atom stereocenters. The van der Waals surface area contributed by atoms with Crippen LogP contribution in [-0.4, -0.2) is 10.2 Å². The lowest BCUT2D eigenvalue weighted by atomic mass is 10.7. The predicted molar refractivity (Wildman–Crippen MR) is 37.7 cm³/mol. The molecule has 2 rings (SSSR count). The third-order valence-corrected chi connectivity index (χ3v) is 0.894. The van der Waals surface area contributed by atoms with Crippen LogP contribution in [0, 0.1) is 6.92 Å². The molecule has 0 bridgehead atoms.